The van der Waals surface area contributed by atoms with E-state index in [-0.39, 0.29) is 5.41 Å². The zero-order valence-corrected chi connectivity index (χ0v) is 9.12. The number of carbonyl (C=O) groups excluding carboxylic acids is 1. The molecule has 0 spiro atoms. The molecule has 2 rings (SSSR count). The summed E-state index contributed by atoms with van der Waals surface area (Å²) in [6, 6.07) is 7.76. The van der Waals surface area contributed by atoms with Crippen molar-refractivity contribution in [1.29, 1.82) is 0 Å². The van der Waals surface area contributed by atoms with Gasteiger partial charge in [0.25, 0.3) is 0 Å². The van der Waals surface area contributed by atoms with E-state index in [0.29, 0.717) is 12.2 Å². The van der Waals surface area contributed by atoms with Crippen molar-refractivity contribution in [3.8, 4) is 0 Å². The molecule has 0 saturated heterocycles. The molecule has 1 saturated carbocycles. The van der Waals surface area contributed by atoms with Crippen molar-refractivity contribution in [2.75, 3.05) is 5.73 Å². The lowest BCUT2D eigenvalue weighted by atomic mass is 9.89. The van der Waals surface area contributed by atoms with Crippen LogP contribution in [0.1, 0.15) is 38.2 Å². The minimum Gasteiger partial charge on any atom is -0.399 e. The number of carbonyl (C=O) groups is 1. The van der Waals surface area contributed by atoms with E-state index in [4.69, 9.17) is 5.73 Å². The van der Waals surface area contributed by atoms with Crippen molar-refractivity contribution in [2.45, 2.75) is 38.0 Å². The minimum atomic E-state index is -0.149. The van der Waals surface area contributed by atoms with Gasteiger partial charge in [0.1, 0.15) is 5.78 Å². The maximum absolute atomic E-state index is 12.0. The standard InChI is InChI=1S/C13H17NO/c1-2-3-12(15)13(8-9-13)10-4-6-11(14)7-5-10/h4-7H,2-3,8-9,14H2,1H3. The molecule has 80 valence electrons. The summed E-state index contributed by atoms with van der Waals surface area (Å²) in [7, 11) is 0. The van der Waals surface area contributed by atoms with Crippen LogP contribution in [0.4, 0.5) is 5.69 Å². The molecule has 1 aliphatic rings. The highest BCUT2D eigenvalue weighted by Gasteiger charge is 2.49. The Hall–Kier alpha value is -1.31. The molecule has 2 nitrogen and oxygen atoms in total. The fourth-order valence-corrected chi connectivity index (χ4v) is 2.12. The molecule has 1 aliphatic carbocycles. The summed E-state index contributed by atoms with van der Waals surface area (Å²) in [6.07, 6.45) is 3.66. The average molecular weight is 203 g/mol. The predicted molar refractivity (Wildman–Crippen MR) is 61.7 cm³/mol. The summed E-state index contributed by atoms with van der Waals surface area (Å²) in [6.45, 7) is 2.05. The van der Waals surface area contributed by atoms with Crippen LogP contribution in [0.2, 0.25) is 0 Å². The van der Waals surface area contributed by atoms with Gasteiger partial charge in [-0.3, -0.25) is 4.79 Å². The Labute approximate surface area is 90.5 Å². The largest absolute Gasteiger partial charge is 0.399 e. The van der Waals surface area contributed by atoms with Crippen LogP contribution in [0.25, 0.3) is 0 Å². The maximum Gasteiger partial charge on any atom is 0.143 e. The monoisotopic (exact) mass is 203 g/mol. The molecular formula is C13H17NO. The predicted octanol–water partition coefficient (Wildman–Crippen LogP) is 2.67. The number of benzene rings is 1. The molecule has 0 amide bonds. The van der Waals surface area contributed by atoms with E-state index in [0.717, 1.165) is 30.5 Å². The molecule has 0 aliphatic heterocycles. The van der Waals surface area contributed by atoms with Gasteiger partial charge in [0, 0.05) is 12.1 Å². The lowest BCUT2D eigenvalue weighted by Gasteiger charge is -2.14. The van der Waals surface area contributed by atoms with Gasteiger partial charge in [-0.05, 0) is 37.0 Å². The number of rotatable bonds is 4. The smallest absolute Gasteiger partial charge is 0.143 e. The minimum absolute atomic E-state index is 0.149. The molecule has 0 radical (unpaired) electrons. The summed E-state index contributed by atoms with van der Waals surface area (Å²) in [4.78, 5) is 12.0. The van der Waals surface area contributed by atoms with Crippen LogP contribution in [0.3, 0.4) is 0 Å². The van der Waals surface area contributed by atoms with Gasteiger partial charge in [-0.1, -0.05) is 19.1 Å². The van der Waals surface area contributed by atoms with Gasteiger partial charge in [-0.2, -0.15) is 0 Å². The van der Waals surface area contributed by atoms with Crippen molar-refractivity contribution >= 4 is 11.5 Å². The van der Waals surface area contributed by atoms with Crippen molar-refractivity contribution < 1.29 is 4.79 Å². The third-order valence-electron chi connectivity index (χ3n) is 3.22. The van der Waals surface area contributed by atoms with Gasteiger partial charge in [-0.25, -0.2) is 0 Å². The van der Waals surface area contributed by atoms with E-state index in [1.165, 1.54) is 0 Å². The first kappa shape index (κ1) is 10.2. The second kappa shape index (κ2) is 3.69. The normalized spacial score (nSPS) is 17.4. The van der Waals surface area contributed by atoms with Gasteiger partial charge >= 0.3 is 0 Å². The van der Waals surface area contributed by atoms with Crippen molar-refractivity contribution in [2.24, 2.45) is 0 Å². The first-order valence-electron chi connectivity index (χ1n) is 5.58. The summed E-state index contributed by atoms with van der Waals surface area (Å²) in [5.74, 6) is 0.398. The zero-order valence-electron chi connectivity index (χ0n) is 9.12. The topological polar surface area (TPSA) is 43.1 Å². The number of Topliss-reactive ketones (excluding diaryl/α,β-unsaturated/α-hetero) is 1. The van der Waals surface area contributed by atoms with Crippen LogP contribution >= 0.6 is 0 Å². The van der Waals surface area contributed by atoms with E-state index in [1.54, 1.807) is 0 Å². The molecule has 2 N–H and O–H groups in total. The molecule has 0 aromatic heterocycles. The summed E-state index contributed by atoms with van der Waals surface area (Å²) >= 11 is 0. The highest BCUT2D eigenvalue weighted by atomic mass is 16.1. The third-order valence-corrected chi connectivity index (χ3v) is 3.22. The Morgan fingerprint density at radius 1 is 1.33 bits per heavy atom. The quantitative estimate of drug-likeness (QED) is 0.764. The molecule has 1 aromatic rings. The fraction of sp³-hybridized carbons (Fsp3) is 0.462. The Kier molecular flexibility index (Phi) is 2.51. The molecule has 0 unspecified atom stereocenters. The van der Waals surface area contributed by atoms with E-state index < -0.39 is 0 Å². The SMILES string of the molecule is CCCC(=O)C1(c2ccc(N)cc2)CC1. The maximum atomic E-state index is 12.0. The first-order chi connectivity index (χ1) is 7.19. The van der Waals surface area contributed by atoms with Crippen LogP contribution < -0.4 is 5.73 Å². The third kappa shape index (κ3) is 1.76. The van der Waals surface area contributed by atoms with Crippen molar-refractivity contribution in [3.63, 3.8) is 0 Å². The number of hydrogen-bond donors (Lipinski definition) is 1. The van der Waals surface area contributed by atoms with E-state index in [2.05, 4.69) is 6.92 Å². The molecule has 1 aromatic carbocycles. The van der Waals surface area contributed by atoms with Crippen LogP contribution in [0, 0.1) is 0 Å². The number of anilines is 1. The summed E-state index contributed by atoms with van der Waals surface area (Å²) in [5.41, 5.74) is 7.40. The van der Waals surface area contributed by atoms with Crippen LogP contribution in [-0.2, 0) is 10.2 Å². The van der Waals surface area contributed by atoms with Crippen LogP contribution in [0.15, 0.2) is 24.3 Å². The first-order valence-corrected chi connectivity index (χ1v) is 5.58. The highest BCUT2D eigenvalue weighted by Crippen LogP contribution is 2.49. The zero-order chi connectivity index (χ0) is 10.9. The van der Waals surface area contributed by atoms with Crippen molar-refractivity contribution in [1.82, 2.24) is 0 Å². The molecule has 0 heterocycles. The summed E-state index contributed by atoms with van der Waals surface area (Å²) in [5, 5.41) is 0. The van der Waals surface area contributed by atoms with Gasteiger partial charge in [0.2, 0.25) is 0 Å². The van der Waals surface area contributed by atoms with E-state index >= 15 is 0 Å². The van der Waals surface area contributed by atoms with Crippen molar-refractivity contribution in [3.05, 3.63) is 29.8 Å². The lowest BCUT2D eigenvalue weighted by molar-refractivity contribution is -0.121. The second-order valence-electron chi connectivity index (χ2n) is 4.38. The molecule has 1 fully saturated rings. The highest BCUT2D eigenvalue weighted by molar-refractivity contribution is 5.93. The second-order valence-corrected chi connectivity index (χ2v) is 4.38. The molecule has 0 atom stereocenters. The Balaban J connectivity index is 2.22. The number of ketones is 1. The molecular weight excluding hydrogens is 186 g/mol. The van der Waals surface area contributed by atoms with Crippen LogP contribution in [-0.4, -0.2) is 5.78 Å². The Morgan fingerprint density at radius 2 is 1.93 bits per heavy atom. The van der Waals surface area contributed by atoms with Crippen LogP contribution in [0.5, 0.6) is 0 Å². The average Bonchev–Trinajstić information content (AvgIpc) is 3.00. The lowest BCUT2D eigenvalue weighted by Crippen LogP contribution is -2.19. The molecule has 2 heteroatoms. The van der Waals surface area contributed by atoms with Gasteiger partial charge in [0.15, 0.2) is 0 Å². The fourth-order valence-electron chi connectivity index (χ4n) is 2.12. The molecule has 15 heavy (non-hydrogen) atoms. The Bertz CT molecular complexity index is 363. The van der Waals surface area contributed by atoms with Gasteiger partial charge in [0.05, 0.1) is 5.41 Å². The number of nitrogens with two attached hydrogens (primary N) is 1. The van der Waals surface area contributed by atoms with E-state index in [1.807, 2.05) is 24.3 Å². The van der Waals surface area contributed by atoms with Gasteiger partial charge in [-0.15, -0.1) is 0 Å². The van der Waals surface area contributed by atoms with Gasteiger partial charge < -0.3 is 5.73 Å². The Morgan fingerprint density at radius 3 is 2.40 bits per heavy atom. The molecule has 0 bridgehead atoms. The van der Waals surface area contributed by atoms with E-state index in [9.17, 15) is 4.79 Å². The number of nitrogen functional groups attached to an aromatic ring is 1. The summed E-state index contributed by atoms with van der Waals surface area (Å²) < 4.78 is 0. The number of hydrogen-bond acceptors (Lipinski definition) is 2.